The minimum Gasteiger partial charge on any atom is -0.496 e. The fourth-order valence-electron chi connectivity index (χ4n) is 4.33. The van der Waals surface area contributed by atoms with Crippen LogP contribution in [0.15, 0.2) is 36.4 Å². The number of nitrogens with one attached hydrogen (secondary N) is 2. The molecule has 0 aliphatic carbocycles. The van der Waals surface area contributed by atoms with Gasteiger partial charge in [-0.25, -0.2) is 0 Å². The number of H-pyrrole nitrogens is 1. The molecule has 3 aliphatic heterocycles. The molecule has 5 rings (SSSR count). The lowest BCUT2D eigenvalue weighted by Crippen LogP contribution is -2.62. The van der Waals surface area contributed by atoms with E-state index in [2.05, 4.69) is 22.1 Å². The molecule has 2 atom stereocenters. The number of hydrogen-bond donors (Lipinski definition) is 2. The number of para-hydroxylation sites is 1. The molecule has 132 valence electrons. The zero-order valence-electron chi connectivity index (χ0n) is 14.8. The standard InChI is InChI=1S/C20H25N3O2/c1-13-19(14-9-11-23(13)12-10-14)22-20(24)17-8-7-16(21-17)15-5-3-4-6-18(15)25-2/h3-8,13-14,19,21H,9-12H2,1-2H3,(H,22,24)/t13-,19-/m0/s1. The van der Waals surface area contributed by atoms with Gasteiger partial charge in [-0.2, -0.15) is 0 Å². The molecule has 5 heteroatoms. The van der Waals surface area contributed by atoms with E-state index >= 15 is 0 Å². The van der Waals surface area contributed by atoms with E-state index in [4.69, 9.17) is 4.74 Å². The van der Waals surface area contributed by atoms with Gasteiger partial charge in [0, 0.05) is 23.3 Å². The van der Waals surface area contributed by atoms with E-state index in [0.717, 1.165) is 17.0 Å². The Morgan fingerprint density at radius 1 is 1.20 bits per heavy atom. The Morgan fingerprint density at radius 3 is 2.68 bits per heavy atom. The summed E-state index contributed by atoms with van der Waals surface area (Å²) in [7, 11) is 1.66. The second kappa shape index (κ2) is 6.56. The minimum absolute atomic E-state index is 0.0215. The van der Waals surface area contributed by atoms with Crippen molar-refractivity contribution < 1.29 is 9.53 Å². The Bertz CT molecular complexity index is 760. The lowest BCUT2D eigenvalue weighted by Gasteiger charge is -2.49. The van der Waals surface area contributed by atoms with Crippen LogP contribution in [0.1, 0.15) is 30.3 Å². The second-order valence-corrected chi connectivity index (χ2v) is 7.10. The van der Waals surface area contributed by atoms with Crippen molar-refractivity contribution in [2.75, 3.05) is 20.2 Å². The number of amides is 1. The first-order chi connectivity index (χ1) is 12.2. The van der Waals surface area contributed by atoms with Crippen LogP contribution in [-0.2, 0) is 0 Å². The maximum absolute atomic E-state index is 12.7. The molecule has 5 nitrogen and oxygen atoms in total. The van der Waals surface area contributed by atoms with Crippen LogP contribution in [0.2, 0.25) is 0 Å². The summed E-state index contributed by atoms with van der Waals surface area (Å²) in [6.45, 7) is 4.56. The fraction of sp³-hybridized carbons (Fsp3) is 0.450. The average molecular weight is 339 g/mol. The lowest BCUT2D eigenvalue weighted by molar-refractivity contribution is 0.0216. The quantitative estimate of drug-likeness (QED) is 0.900. The van der Waals surface area contributed by atoms with Crippen molar-refractivity contribution in [3.63, 3.8) is 0 Å². The van der Waals surface area contributed by atoms with Crippen molar-refractivity contribution in [2.45, 2.75) is 31.8 Å². The Morgan fingerprint density at radius 2 is 1.96 bits per heavy atom. The molecular weight excluding hydrogens is 314 g/mol. The van der Waals surface area contributed by atoms with Gasteiger partial charge in [-0.1, -0.05) is 12.1 Å². The monoisotopic (exact) mass is 339 g/mol. The number of piperidine rings is 3. The zero-order valence-corrected chi connectivity index (χ0v) is 14.8. The third-order valence-corrected chi connectivity index (χ3v) is 5.80. The van der Waals surface area contributed by atoms with Crippen molar-refractivity contribution in [2.24, 2.45) is 5.92 Å². The average Bonchev–Trinajstić information content (AvgIpc) is 3.15. The summed E-state index contributed by atoms with van der Waals surface area (Å²) in [4.78, 5) is 18.5. The summed E-state index contributed by atoms with van der Waals surface area (Å²) in [6.07, 6.45) is 2.37. The largest absolute Gasteiger partial charge is 0.496 e. The second-order valence-electron chi connectivity index (χ2n) is 7.10. The molecule has 4 heterocycles. The highest BCUT2D eigenvalue weighted by molar-refractivity contribution is 5.93. The molecule has 2 aromatic rings. The molecule has 0 unspecified atom stereocenters. The number of methoxy groups -OCH3 is 1. The van der Waals surface area contributed by atoms with Gasteiger partial charge in [-0.15, -0.1) is 0 Å². The van der Waals surface area contributed by atoms with Gasteiger partial charge < -0.3 is 15.0 Å². The number of ether oxygens (including phenoxy) is 1. The molecule has 3 fully saturated rings. The van der Waals surface area contributed by atoms with Crippen molar-refractivity contribution in [3.8, 4) is 17.0 Å². The molecule has 0 saturated carbocycles. The van der Waals surface area contributed by atoms with E-state index < -0.39 is 0 Å². The predicted octanol–water partition coefficient (Wildman–Crippen LogP) is 2.90. The van der Waals surface area contributed by atoms with Gasteiger partial charge in [-0.05, 0) is 63.0 Å². The number of fused-ring (bicyclic) bond motifs is 3. The normalized spacial score (nSPS) is 27.9. The molecule has 25 heavy (non-hydrogen) atoms. The summed E-state index contributed by atoms with van der Waals surface area (Å²) >= 11 is 0. The van der Waals surface area contributed by atoms with Gasteiger partial charge in [0.2, 0.25) is 0 Å². The molecule has 1 amide bonds. The van der Waals surface area contributed by atoms with E-state index in [1.165, 1.54) is 25.9 Å². The summed E-state index contributed by atoms with van der Waals surface area (Å²) in [5.74, 6) is 1.38. The zero-order chi connectivity index (χ0) is 17.4. The Hall–Kier alpha value is -2.27. The lowest BCUT2D eigenvalue weighted by atomic mass is 9.79. The number of carbonyl (C=O) groups excluding carboxylic acids is 1. The number of aromatic amines is 1. The highest BCUT2D eigenvalue weighted by atomic mass is 16.5. The molecule has 1 aromatic carbocycles. The molecule has 0 radical (unpaired) electrons. The Labute approximate surface area is 148 Å². The maximum atomic E-state index is 12.7. The third-order valence-electron chi connectivity index (χ3n) is 5.80. The molecule has 2 bridgehead atoms. The summed E-state index contributed by atoms with van der Waals surface area (Å²) < 4.78 is 5.41. The van der Waals surface area contributed by atoms with Crippen molar-refractivity contribution >= 4 is 5.91 Å². The van der Waals surface area contributed by atoms with Crippen LogP contribution in [0.3, 0.4) is 0 Å². The van der Waals surface area contributed by atoms with Crippen LogP contribution in [0, 0.1) is 5.92 Å². The predicted molar refractivity (Wildman–Crippen MR) is 97.8 cm³/mol. The van der Waals surface area contributed by atoms with Crippen LogP contribution in [0.5, 0.6) is 5.75 Å². The van der Waals surface area contributed by atoms with E-state index in [1.807, 2.05) is 36.4 Å². The van der Waals surface area contributed by atoms with Crippen molar-refractivity contribution in [1.82, 2.24) is 15.2 Å². The van der Waals surface area contributed by atoms with E-state index in [-0.39, 0.29) is 11.9 Å². The van der Waals surface area contributed by atoms with Gasteiger partial charge in [-0.3, -0.25) is 9.69 Å². The highest BCUT2D eigenvalue weighted by Crippen LogP contribution is 2.32. The molecule has 3 aliphatic rings. The van der Waals surface area contributed by atoms with Crippen LogP contribution in [0.4, 0.5) is 0 Å². The van der Waals surface area contributed by atoms with Gasteiger partial charge in [0.15, 0.2) is 0 Å². The first kappa shape index (κ1) is 16.2. The number of hydrogen-bond acceptors (Lipinski definition) is 3. The summed E-state index contributed by atoms with van der Waals surface area (Å²) in [5.41, 5.74) is 2.45. The van der Waals surface area contributed by atoms with Gasteiger partial charge in [0.25, 0.3) is 5.91 Å². The van der Waals surface area contributed by atoms with Crippen molar-refractivity contribution in [3.05, 3.63) is 42.1 Å². The van der Waals surface area contributed by atoms with Gasteiger partial charge in [0.1, 0.15) is 11.4 Å². The SMILES string of the molecule is COc1ccccc1-c1ccc(C(=O)N[C@@H]2C3CCN(CC3)[C@H]2C)[nH]1. The first-order valence-corrected chi connectivity index (χ1v) is 9.04. The van der Waals surface area contributed by atoms with Gasteiger partial charge in [0.05, 0.1) is 7.11 Å². The molecular formula is C20H25N3O2. The van der Waals surface area contributed by atoms with Crippen LogP contribution < -0.4 is 10.1 Å². The Balaban J connectivity index is 1.51. The van der Waals surface area contributed by atoms with Crippen LogP contribution in [-0.4, -0.2) is 48.1 Å². The van der Waals surface area contributed by atoms with Crippen molar-refractivity contribution in [1.29, 1.82) is 0 Å². The number of rotatable bonds is 4. The van der Waals surface area contributed by atoms with Crippen LogP contribution >= 0.6 is 0 Å². The molecule has 3 saturated heterocycles. The highest BCUT2D eigenvalue weighted by Gasteiger charge is 2.40. The topological polar surface area (TPSA) is 57.4 Å². The third kappa shape index (κ3) is 2.93. The van der Waals surface area contributed by atoms with E-state index in [1.54, 1.807) is 7.11 Å². The fourth-order valence-corrected chi connectivity index (χ4v) is 4.33. The van der Waals surface area contributed by atoms with E-state index in [9.17, 15) is 4.79 Å². The minimum atomic E-state index is -0.0215. The number of carbonyl (C=O) groups is 1. The number of nitrogens with zero attached hydrogens (tertiary/aromatic N) is 1. The molecule has 0 spiro atoms. The molecule has 1 aromatic heterocycles. The summed E-state index contributed by atoms with van der Waals surface area (Å²) in [5, 5.41) is 3.27. The van der Waals surface area contributed by atoms with E-state index in [0.29, 0.717) is 17.7 Å². The summed E-state index contributed by atoms with van der Waals surface area (Å²) in [6, 6.07) is 12.3. The Kier molecular flexibility index (Phi) is 4.25. The van der Waals surface area contributed by atoms with Gasteiger partial charge >= 0.3 is 0 Å². The molecule has 2 N–H and O–H groups in total. The first-order valence-electron chi connectivity index (χ1n) is 9.04. The number of benzene rings is 1. The number of aromatic nitrogens is 1. The van der Waals surface area contributed by atoms with Crippen LogP contribution in [0.25, 0.3) is 11.3 Å². The smallest absolute Gasteiger partial charge is 0.267 e. The maximum Gasteiger partial charge on any atom is 0.267 e.